The van der Waals surface area contributed by atoms with Gasteiger partial charge in [0.1, 0.15) is 0 Å². The van der Waals surface area contributed by atoms with Crippen LogP contribution in [0.5, 0.6) is 0 Å². The lowest BCUT2D eigenvalue weighted by Gasteiger charge is -2.26. The first-order valence-corrected chi connectivity index (χ1v) is 5.60. The molecule has 5 N–H and O–H groups in total. The minimum atomic E-state index is -0.731. The summed E-state index contributed by atoms with van der Waals surface area (Å²) in [6.45, 7) is 0.871. The fraction of sp³-hybridized carbons (Fsp3) is 0.800. The Hall–Kier alpha value is -1.30. The number of nitrogens with two attached hydrogens (primary N) is 1. The van der Waals surface area contributed by atoms with Crippen LogP contribution < -0.4 is 16.4 Å². The zero-order valence-corrected chi connectivity index (χ0v) is 9.24. The first-order valence-electron chi connectivity index (χ1n) is 5.60. The number of carbonyl (C=O) groups is 2. The van der Waals surface area contributed by atoms with E-state index >= 15 is 0 Å². The van der Waals surface area contributed by atoms with Gasteiger partial charge in [0.25, 0.3) is 0 Å². The molecule has 0 aliphatic heterocycles. The Kier molecular flexibility index (Phi) is 5.04. The van der Waals surface area contributed by atoms with Crippen LogP contribution in [0.1, 0.15) is 25.7 Å². The van der Waals surface area contributed by atoms with Gasteiger partial charge in [-0.25, -0.2) is 4.79 Å². The maximum atomic E-state index is 11.3. The number of carboxylic acids is 1. The number of hydrogen-bond donors (Lipinski definition) is 4. The van der Waals surface area contributed by atoms with E-state index in [4.69, 9.17) is 10.8 Å². The lowest BCUT2D eigenvalue weighted by Crippen LogP contribution is -2.45. The molecule has 2 amide bonds. The van der Waals surface area contributed by atoms with E-state index in [2.05, 4.69) is 10.6 Å². The van der Waals surface area contributed by atoms with E-state index in [1.165, 1.54) is 0 Å². The zero-order chi connectivity index (χ0) is 12.0. The van der Waals surface area contributed by atoms with Crippen LogP contribution in [0.3, 0.4) is 0 Å². The maximum absolute atomic E-state index is 11.3. The monoisotopic (exact) mass is 229 g/mol. The quantitative estimate of drug-likeness (QED) is 0.539. The van der Waals surface area contributed by atoms with E-state index in [-0.39, 0.29) is 18.0 Å². The largest absolute Gasteiger partial charge is 0.481 e. The fourth-order valence-electron chi connectivity index (χ4n) is 1.91. The molecule has 0 aromatic heterocycles. The highest BCUT2D eigenvalue weighted by Gasteiger charge is 2.26. The highest BCUT2D eigenvalue weighted by atomic mass is 16.4. The van der Waals surface area contributed by atoms with Gasteiger partial charge < -0.3 is 21.5 Å². The van der Waals surface area contributed by atoms with Gasteiger partial charge >= 0.3 is 12.0 Å². The Morgan fingerprint density at radius 1 is 1.25 bits per heavy atom. The molecule has 6 nitrogen and oxygen atoms in total. The van der Waals surface area contributed by atoms with Crippen molar-refractivity contribution in [2.75, 3.05) is 13.1 Å². The van der Waals surface area contributed by atoms with Gasteiger partial charge in [0, 0.05) is 19.1 Å². The van der Waals surface area contributed by atoms with E-state index in [1.807, 2.05) is 0 Å². The number of urea groups is 1. The third kappa shape index (κ3) is 4.06. The average Bonchev–Trinajstić information content (AvgIpc) is 2.27. The lowest BCUT2D eigenvalue weighted by atomic mass is 9.86. The molecule has 0 aromatic carbocycles. The summed E-state index contributed by atoms with van der Waals surface area (Å²) < 4.78 is 0. The molecule has 1 fully saturated rings. The maximum Gasteiger partial charge on any atom is 0.315 e. The number of rotatable bonds is 4. The second kappa shape index (κ2) is 6.32. The molecular weight excluding hydrogens is 210 g/mol. The molecule has 1 aliphatic rings. The van der Waals surface area contributed by atoms with Crippen molar-refractivity contribution in [2.45, 2.75) is 31.7 Å². The molecule has 6 heteroatoms. The molecule has 1 aliphatic carbocycles. The molecule has 92 valence electrons. The second-order valence-corrected chi connectivity index (χ2v) is 4.08. The van der Waals surface area contributed by atoms with Crippen molar-refractivity contribution < 1.29 is 14.7 Å². The first kappa shape index (κ1) is 12.8. The molecule has 0 bridgehead atoms. The molecule has 0 saturated heterocycles. The van der Waals surface area contributed by atoms with Crippen LogP contribution in [0, 0.1) is 5.92 Å². The smallest absolute Gasteiger partial charge is 0.315 e. The first-order chi connectivity index (χ1) is 7.63. The van der Waals surface area contributed by atoms with E-state index in [9.17, 15) is 9.59 Å². The second-order valence-electron chi connectivity index (χ2n) is 4.08. The Bertz CT molecular complexity index is 250. The van der Waals surface area contributed by atoms with Crippen LogP contribution >= 0.6 is 0 Å². The molecule has 16 heavy (non-hydrogen) atoms. The zero-order valence-electron chi connectivity index (χ0n) is 9.24. The Morgan fingerprint density at radius 3 is 2.38 bits per heavy atom. The number of nitrogens with one attached hydrogen (secondary N) is 2. The number of aliphatic carboxylic acids is 1. The van der Waals surface area contributed by atoms with Crippen molar-refractivity contribution in [3.05, 3.63) is 0 Å². The molecule has 1 saturated carbocycles. The minimum Gasteiger partial charge on any atom is -0.481 e. The molecule has 0 unspecified atom stereocenters. The van der Waals surface area contributed by atoms with Gasteiger partial charge in [0.2, 0.25) is 0 Å². The topological polar surface area (TPSA) is 104 Å². The Morgan fingerprint density at radius 2 is 1.88 bits per heavy atom. The van der Waals surface area contributed by atoms with E-state index in [0.29, 0.717) is 25.9 Å². The van der Waals surface area contributed by atoms with Crippen LogP contribution in [0.4, 0.5) is 4.79 Å². The summed E-state index contributed by atoms with van der Waals surface area (Å²) in [5.41, 5.74) is 5.25. The molecule has 1 rings (SSSR count). The van der Waals surface area contributed by atoms with Crippen LogP contribution in [0.2, 0.25) is 0 Å². The van der Waals surface area contributed by atoms with Crippen molar-refractivity contribution in [1.29, 1.82) is 0 Å². The molecule has 0 heterocycles. The lowest BCUT2D eigenvalue weighted by molar-refractivity contribution is -0.142. The van der Waals surface area contributed by atoms with Gasteiger partial charge in [-0.15, -0.1) is 0 Å². The summed E-state index contributed by atoms with van der Waals surface area (Å²) in [4.78, 5) is 22.0. The van der Waals surface area contributed by atoms with Crippen molar-refractivity contribution in [2.24, 2.45) is 11.7 Å². The van der Waals surface area contributed by atoms with Crippen LogP contribution in [-0.4, -0.2) is 36.2 Å². The van der Waals surface area contributed by atoms with Crippen LogP contribution in [-0.2, 0) is 4.79 Å². The van der Waals surface area contributed by atoms with Gasteiger partial charge in [-0.05, 0) is 25.7 Å². The average molecular weight is 229 g/mol. The standard InChI is InChI=1S/C10H19N3O3/c11-5-6-12-10(16)13-8-3-1-7(2-4-8)9(14)15/h7-8H,1-6,11H2,(H,14,15)(H2,12,13,16). The Balaban J connectivity index is 2.21. The summed E-state index contributed by atoms with van der Waals surface area (Å²) in [5.74, 6) is -0.976. The summed E-state index contributed by atoms with van der Waals surface area (Å²) in [6, 6.07) is -0.127. The highest BCUT2D eigenvalue weighted by molar-refractivity contribution is 5.74. The SMILES string of the molecule is NCCNC(=O)NC1CCC(C(=O)O)CC1. The molecule has 0 spiro atoms. The van der Waals surface area contributed by atoms with E-state index in [0.717, 1.165) is 12.8 Å². The normalized spacial score (nSPS) is 24.8. The van der Waals surface area contributed by atoms with Crippen LogP contribution in [0.25, 0.3) is 0 Å². The van der Waals surface area contributed by atoms with Gasteiger partial charge in [0.05, 0.1) is 5.92 Å². The minimum absolute atomic E-state index is 0.0911. The van der Waals surface area contributed by atoms with Gasteiger partial charge in [-0.1, -0.05) is 0 Å². The van der Waals surface area contributed by atoms with Crippen LogP contribution in [0.15, 0.2) is 0 Å². The molecular formula is C10H19N3O3. The van der Waals surface area contributed by atoms with Crippen molar-refractivity contribution in [3.63, 3.8) is 0 Å². The summed E-state index contributed by atoms with van der Waals surface area (Å²) in [6.07, 6.45) is 2.73. The summed E-state index contributed by atoms with van der Waals surface area (Å²) in [5, 5.41) is 14.2. The van der Waals surface area contributed by atoms with Gasteiger partial charge in [-0.2, -0.15) is 0 Å². The van der Waals surface area contributed by atoms with Crippen molar-refractivity contribution >= 4 is 12.0 Å². The van der Waals surface area contributed by atoms with Gasteiger partial charge in [-0.3, -0.25) is 4.79 Å². The highest BCUT2D eigenvalue weighted by Crippen LogP contribution is 2.24. The number of carbonyl (C=O) groups excluding carboxylic acids is 1. The number of hydrogen-bond acceptors (Lipinski definition) is 3. The number of amides is 2. The fourth-order valence-corrected chi connectivity index (χ4v) is 1.91. The van der Waals surface area contributed by atoms with E-state index in [1.54, 1.807) is 0 Å². The van der Waals surface area contributed by atoms with Crippen molar-refractivity contribution in [1.82, 2.24) is 10.6 Å². The van der Waals surface area contributed by atoms with Crippen molar-refractivity contribution in [3.8, 4) is 0 Å². The predicted octanol–water partition coefficient (Wildman–Crippen LogP) is -0.112. The van der Waals surface area contributed by atoms with Gasteiger partial charge in [0.15, 0.2) is 0 Å². The number of carboxylic acid groups (broad SMARTS) is 1. The molecule has 0 atom stereocenters. The van der Waals surface area contributed by atoms with E-state index < -0.39 is 5.97 Å². The molecule has 0 radical (unpaired) electrons. The summed E-state index contributed by atoms with van der Waals surface area (Å²) >= 11 is 0. The third-order valence-electron chi connectivity index (χ3n) is 2.84. The predicted molar refractivity (Wildman–Crippen MR) is 59.0 cm³/mol. The third-order valence-corrected chi connectivity index (χ3v) is 2.84. The molecule has 0 aromatic rings. The Labute approximate surface area is 94.6 Å². The summed E-state index contributed by atoms with van der Waals surface area (Å²) in [7, 11) is 0.